The van der Waals surface area contributed by atoms with E-state index in [2.05, 4.69) is 17.6 Å². The van der Waals surface area contributed by atoms with Crippen molar-refractivity contribution in [1.29, 1.82) is 0 Å². The van der Waals surface area contributed by atoms with E-state index < -0.39 is 11.1 Å². The molecule has 6 nitrogen and oxygen atoms in total. The Morgan fingerprint density at radius 1 is 1.36 bits per heavy atom. The highest BCUT2D eigenvalue weighted by molar-refractivity contribution is 7.16. The van der Waals surface area contributed by atoms with Crippen molar-refractivity contribution < 1.29 is 9.72 Å². The van der Waals surface area contributed by atoms with Crippen molar-refractivity contribution in [2.45, 2.75) is 38.8 Å². The number of nitro groups is 1. The first-order chi connectivity index (χ1) is 12.1. The van der Waals surface area contributed by atoms with E-state index in [1.165, 1.54) is 22.6 Å². The SMILES string of the molecule is CC[C@@H]1CCc2c(sc3c2C(=O)N[C@@H](c2cccc([N+](=O)[O-])c2)N3)C1. The lowest BCUT2D eigenvalue weighted by molar-refractivity contribution is -0.384. The maximum Gasteiger partial charge on any atom is 0.269 e. The van der Waals surface area contributed by atoms with Gasteiger partial charge in [-0.3, -0.25) is 14.9 Å². The molecule has 2 N–H and O–H groups in total. The zero-order valence-corrected chi connectivity index (χ0v) is 14.7. The van der Waals surface area contributed by atoms with Gasteiger partial charge in [-0.2, -0.15) is 0 Å². The lowest BCUT2D eigenvalue weighted by Crippen LogP contribution is -2.38. The highest BCUT2D eigenvalue weighted by Crippen LogP contribution is 2.43. The minimum atomic E-state index is -0.443. The van der Waals surface area contributed by atoms with Crippen LogP contribution in [-0.4, -0.2) is 10.8 Å². The third-order valence-electron chi connectivity index (χ3n) is 5.14. The molecule has 1 aliphatic carbocycles. The molecule has 1 aliphatic heterocycles. The van der Waals surface area contributed by atoms with Crippen molar-refractivity contribution in [3.63, 3.8) is 0 Å². The Kier molecular flexibility index (Phi) is 3.95. The van der Waals surface area contributed by atoms with Gasteiger partial charge in [-0.1, -0.05) is 25.5 Å². The Bertz CT molecular complexity index is 861. The topological polar surface area (TPSA) is 84.3 Å². The van der Waals surface area contributed by atoms with Gasteiger partial charge in [0.1, 0.15) is 11.2 Å². The van der Waals surface area contributed by atoms with Crippen molar-refractivity contribution in [2.75, 3.05) is 5.32 Å². The van der Waals surface area contributed by atoms with Crippen LogP contribution >= 0.6 is 11.3 Å². The summed E-state index contributed by atoms with van der Waals surface area (Å²) in [5.74, 6) is 0.612. The summed E-state index contributed by atoms with van der Waals surface area (Å²) >= 11 is 1.66. The van der Waals surface area contributed by atoms with E-state index in [9.17, 15) is 14.9 Å². The molecule has 130 valence electrons. The van der Waals surface area contributed by atoms with Crippen LogP contribution in [0.15, 0.2) is 24.3 Å². The maximum absolute atomic E-state index is 12.7. The molecule has 1 aromatic heterocycles. The largest absolute Gasteiger partial charge is 0.353 e. The number of non-ortho nitro benzene ring substituents is 1. The van der Waals surface area contributed by atoms with Crippen LogP contribution in [0.25, 0.3) is 0 Å². The Balaban J connectivity index is 1.66. The standard InChI is InChI=1S/C18H19N3O3S/c1-2-10-6-7-13-14(8-10)25-18-15(13)17(22)19-16(20-18)11-4-3-5-12(9-11)21(23)24/h3-5,9-10,16,20H,2,6-8H2,1H3,(H,19,22)/t10-,16-/m1/s1. The predicted octanol–water partition coefficient (Wildman–Crippen LogP) is 4.03. The number of thiophene rings is 1. The number of rotatable bonds is 3. The van der Waals surface area contributed by atoms with Crippen LogP contribution in [0.1, 0.15) is 52.3 Å². The summed E-state index contributed by atoms with van der Waals surface area (Å²) in [5.41, 5.74) is 2.67. The Morgan fingerprint density at radius 2 is 2.20 bits per heavy atom. The van der Waals surface area contributed by atoms with E-state index in [1.807, 2.05) is 0 Å². The van der Waals surface area contributed by atoms with Crippen molar-refractivity contribution in [1.82, 2.24) is 5.32 Å². The lowest BCUT2D eigenvalue weighted by Gasteiger charge is -2.27. The fraction of sp³-hybridized carbons (Fsp3) is 0.389. The summed E-state index contributed by atoms with van der Waals surface area (Å²) in [6, 6.07) is 6.39. The van der Waals surface area contributed by atoms with Crippen molar-refractivity contribution in [3.8, 4) is 0 Å². The number of nitrogens with zero attached hydrogens (tertiary/aromatic N) is 1. The number of hydrogen-bond donors (Lipinski definition) is 2. The first-order valence-electron chi connectivity index (χ1n) is 8.53. The number of nitrogens with one attached hydrogen (secondary N) is 2. The molecule has 2 aromatic rings. The van der Waals surface area contributed by atoms with Crippen LogP contribution in [0.4, 0.5) is 10.7 Å². The fourth-order valence-electron chi connectivity index (χ4n) is 3.70. The molecule has 2 atom stereocenters. The van der Waals surface area contributed by atoms with Crippen LogP contribution < -0.4 is 10.6 Å². The molecule has 25 heavy (non-hydrogen) atoms. The molecule has 2 aliphatic rings. The normalized spacial score (nSPS) is 21.7. The summed E-state index contributed by atoms with van der Waals surface area (Å²) in [7, 11) is 0. The van der Waals surface area contributed by atoms with E-state index in [4.69, 9.17) is 0 Å². The van der Waals surface area contributed by atoms with E-state index in [0.29, 0.717) is 11.5 Å². The number of carbonyl (C=O) groups excluding carboxylic acids is 1. The van der Waals surface area contributed by atoms with Crippen molar-refractivity contribution >= 4 is 27.9 Å². The highest BCUT2D eigenvalue weighted by Gasteiger charge is 2.33. The number of nitro benzene ring substituents is 1. The number of anilines is 1. The molecule has 2 heterocycles. The average Bonchev–Trinajstić information content (AvgIpc) is 2.99. The molecular formula is C18H19N3O3S. The smallest absolute Gasteiger partial charge is 0.269 e. The van der Waals surface area contributed by atoms with Crippen molar-refractivity contribution in [3.05, 3.63) is 55.9 Å². The highest BCUT2D eigenvalue weighted by atomic mass is 32.1. The zero-order valence-electron chi connectivity index (χ0n) is 13.9. The maximum atomic E-state index is 12.7. The molecule has 0 unspecified atom stereocenters. The molecule has 0 spiro atoms. The van der Waals surface area contributed by atoms with Gasteiger partial charge in [-0.25, -0.2) is 0 Å². The summed E-state index contributed by atoms with van der Waals surface area (Å²) in [6.07, 6.45) is 3.85. The van der Waals surface area contributed by atoms with Gasteiger partial charge < -0.3 is 10.6 Å². The minimum Gasteiger partial charge on any atom is -0.353 e. The van der Waals surface area contributed by atoms with Crippen molar-refractivity contribution in [2.24, 2.45) is 5.92 Å². The zero-order chi connectivity index (χ0) is 17.6. The van der Waals surface area contributed by atoms with Crippen LogP contribution in [0.5, 0.6) is 0 Å². The second-order valence-electron chi connectivity index (χ2n) is 6.63. The van der Waals surface area contributed by atoms with E-state index in [1.54, 1.807) is 23.5 Å². The molecule has 0 fully saturated rings. The van der Waals surface area contributed by atoms with Gasteiger partial charge in [0.25, 0.3) is 11.6 Å². The minimum absolute atomic E-state index is 0.0237. The summed E-state index contributed by atoms with van der Waals surface area (Å²) in [6.45, 7) is 2.21. The van der Waals surface area contributed by atoms with Gasteiger partial charge >= 0.3 is 0 Å². The molecule has 0 saturated heterocycles. The summed E-state index contributed by atoms with van der Waals surface area (Å²) in [5, 5.41) is 18.2. The lowest BCUT2D eigenvalue weighted by atomic mass is 9.85. The number of benzene rings is 1. The Hall–Kier alpha value is -2.41. The Labute approximate surface area is 149 Å². The summed E-state index contributed by atoms with van der Waals surface area (Å²) < 4.78 is 0. The fourth-order valence-corrected chi connectivity index (χ4v) is 5.09. The van der Waals surface area contributed by atoms with Gasteiger partial charge in [0, 0.05) is 22.6 Å². The quantitative estimate of drug-likeness (QED) is 0.642. The molecule has 0 saturated carbocycles. The molecule has 1 aromatic carbocycles. The molecule has 7 heteroatoms. The van der Waals surface area contributed by atoms with E-state index >= 15 is 0 Å². The third kappa shape index (κ3) is 2.78. The van der Waals surface area contributed by atoms with E-state index in [-0.39, 0.29) is 11.6 Å². The number of amides is 1. The number of carbonyl (C=O) groups is 1. The predicted molar refractivity (Wildman–Crippen MR) is 97.1 cm³/mol. The van der Waals surface area contributed by atoms with Crippen LogP contribution in [-0.2, 0) is 12.8 Å². The monoisotopic (exact) mass is 357 g/mol. The number of hydrogen-bond acceptors (Lipinski definition) is 5. The average molecular weight is 357 g/mol. The molecular weight excluding hydrogens is 338 g/mol. The molecule has 1 amide bonds. The molecule has 4 rings (SSSR count). The van der Waals surface area contributed by atoms with Crippen LogP contribution in [0.3, 0.4) is 0 Å². The van der Waals surface area contributed by atoms with Gasteiger partial charge in [-0.15, -0.1) is 11.3 Å². The first kappa shape index (κ1) is 16.1. The Morgan fingerprint density at radius 3 is 2.96 bits per heavy atom. The van der Waals surface area contributed by atoms with Gasteiger partial charge in [0.15, 0.2) is 0 Å². The van der Waals surface area contributed by atoms with Crippen LogP contribution in [0.2, 0.25) is 0 Å². The third-order valence-corrected chi connectivity index (χ3v) is 6.32. The van der Waals surface area contributed by atoms with Crippen LogP contribution in [0, 0.1) is 16.0 Å². The van der Waals surface area contributed by atoms with Gasteiger partial charge in [0.2, 0.25) is 0 Å². The molecule has 0 radical (unpaired) electrons. The van der Waals surface area contributed by atoms with Gasteiger partial charge in [-0.05, 0) is 30.7 Å². The summed E-state index contributed by atoms with van der Waals surface area (Å²) in [4.78, 5) is 24.6. The molecule has 0 bridgehead atoms. The van der Waals surface area contributed by atoms with Gasteiger partial charge in [0.05, 0.1) is 10.5 Å². The van der Waals surface area contributed by atoms with E-state index in [0.717, 1.165) is 36.2 Å². The second kappa shape index (κ2) is 6.15. The number of fused-ring (bicyclic) bond motifs is 3. The second-order valence-corrected chi connectivity index (χ2v) is 7.73. The first-order valence-corrected chi connectivity index (χ1v) is 9.34.